The Morgan fingerprint density at radius 3 is 2.59 bits per heavy atom. The first-order valence-electron chi connectivity index (χ1n) is 8.90. The van der Waals surface area contributed by atoms with Crippen molar-refractivity contribution in [2.45, 2.75) is 6.92 Å². The van der Waals surface area contributed by atoms with Crippen LogP contribution >= 0.6 is 0 Å². The van der Waals surface area contributed by atoms with Crippen LogP contribution in [0.1, 0.15) is 5.56 Å². The van der Waals surface area contributed by atoms with E-state index < -0.39 is 0 Å². The van der Waals surface area contributed by atoms with Gasteiger partial charge in [-0.3, -0.25) is 0 Å². The highest BCUT2D eigenvalue weighted by Crippen LogP contribution is 2.23. The van der Waals surface area contributed by atoms with E-state index in [0.29, 0.717) is 5.65 Å². The average molecular weight is 361 g/mol. The number of hydrogen-bond donors (Lipinski definition) is 1. The largest absolute Gasteiger partial charge is 0.353 e. The summed E-state index contributed by atoms with van der Waals surface area (Å²) in [4.78, 5) is 25.3. The summed E-state index contributed by atoms with van der Waals surface area (Å²) in [6.45, 7) is 5.48. The lowest BCUT2D eigenvalue weighted by atomic mass is 10.3. The lowest BCUT2D eigenvalue weighted by Gasteiger charge is -2.36. The third kappa shape index (κ3) is 2.86. The first-order chi connectivity index (χ1) is 13.3. The summed E-state index contributed by atoms with van der Waals surface area (Å²) in [5.41, 5.74) is 2.71. The zero-order valence-corrected chi connectivity index (χ0v) is 14.9. The van der Waals surface area contributed by atoms with Crippen molar-refractivity contribution in [2.75, 3.05) is 36.0 Å². The summed E-state index contributed by atoms with van der Waals surface area (Å²) >= 11 is 0. The standard InChI is InChI=1S/C18H19N9/c1-13-9-23-27(10-13)15-4-2-3-14(24-15)25-5-7-26(8-6-25)18-16-17(20-11-19-16)21-12-22-18/h2-4,9-12H,5-8H2,1H3,(H,19,20,21,22). The highest BCUT2D eigenvalue weighted by Gasteiger charge is 2.21. The van der Waals surface area contributed by atoms with Crippen molar-refractivity contribution in [2.24, 2.45) is 0 Å². The molecule has 4 aromatic heterocycles. The maximum absolute atomic E-state index is 4.79. The number of aryl methyl sites for hydroxylation is 1. The van der Waals surface area contributed by atoms with Gasteiger partial charge >= 0.3 is 0 Å². The number of pyridine rings is 1. The first-order valence-corrected chi connectivity index (χ1v) is 8.90. The van der Waals surface area contributed by atoms with Gasteiger partial charge in [0.1, 0.15) is 17.7 Å². The molecular weight excluding hydrogens is 342 g/mol. The zero-order valence-electron chi connectivity index (χ0n) is 14.9. The van der Waals surface area contributed by atoms with Gasteiger partial charge in [0.05, 0.1) is 12.5 Å². The molecule has 27 heavy (non-hydrogen) atoms. The number of hydrogen-bond acceptors (Lipinski definition) is 7. The maximum Gasteiger partial charge on any atom is 0.182 e. The van der Waals surface area contributed by atoms with Crippen molar-refractivity contribution < 1.29 is 0 Å². The Morgan fingerprint density at radius 1 is 0.963 bits per heavy atom. The highest BCUT2D eigenvalue weighted by atomic mass is 15.3. The second-order valence-corrected chi connectivity index (χ2v) is 6.59. The fourth-order valence-electron chi connectivity index (χ4n) is 3.39. The third-order valence-electron chi connectivity index (χ3n) is 4.77. The van der Waals surface area contributed by atoms with Crippen LogP contribution < -0.4 is 9.80 Å². The molecule has 4 aromatic rings. The molecule has 0 saturated carbocycles. The van der Waals surface area contributed by atoms with E-state index in [4.69, 9.17) is 4.98 Å². The number of nitrogens with one attached hydrogen (secondary N) is 1. The van der Waals surface area contributed by atoms with Crippen molar-refractivity contribution in [3.63, 3.8) is 0 Å². The predicted octanol–water partition coefficient (Wildman–Crippen LogP) is 1.57. The molecule has 1 aliphatic heterocycles. The number of aromatic amines is 1. The summed E-state index contributed by atoms with van der Waals surface area (Å²) in [6, 6.07) is 6.05. The lowest BCUT2D eigenvalue weighted by molar-refractivity contribution is 0.641. The molecule has 1 N–H and O–H groups in total. The first kappa shape index (κ1) is 15.7. The molecule has 0 amide bonds. The van der Waals surface area contributed by atoms with Gasteiger partial charge in [0.2, 0.25) is 0 Å². The molecule has 0 aliphatic carbocycles. The summed E-state index contributed by atoms with van der Waals surface area (Å²) in [7, 11) is 0. The molecule has 0 bridgehead atoms. The molecule has 0 aromatic carbocycles. The van der Waals surface area contributed by atoms with Crippen LogP contribution in [0.2, 0.25) is 0 Å². The van der Waals surface area contributed by atoms with E-state index in [1.165, 1.54) is 0 Å². The van der Waals surface area contributed by atoms with Crippen molar-refractivity contribution in [3.05, 3.63) is 48.8 Å². The SMILES string of the molecule is Cc1cnn(-c2cccc(N3CCN(c4ncnc5nc[nH]c45)CC3)n2)c1. The summed E-state index contributed by atoms with van der Waals surface area (Å²) in [6.07, 6.45) is 7.05. The van der Waals surface area contributed by atoms with Gasteiger partial charge in [0.15, 0.2) is 17.3 Å². The monoisotopic (exact) mass is 361 g/mol. The van der Waals surface area contributed by atoms with Gasteiger partial charge in [-0.2, -0.15) is 5.10 Å². The van der Waals surface area contributed by atoms with Crippen LogP contribution in [0.5, 0.6) is 0 Å². The molecule has 1 saturated heterocycles. The second kappa shape index (κ2) is 6.35. The normalized spacial score (nSPS) is 14.9. The van der Waals surface area contributed by atoms with Crippen LogP contribution in [0.15, 0.2) is 43.2 Å². The van der Waals surface area contributed by atoms with Crippen LogP contribution in [0.4, 0.5) is 11.6 Å². The fourth-order valence-corrected chi connectivity index (χ4v) is 3.39. The number of aromatic nitrogens is 7. The Hall–Kier alpha value is -3.49. The van der Waals surface area contributed by atoms with Crippen molar-refractivity contribution in [3.8, 4) is 5.82 Å². The van der Waals surface area contributed by atoms with Crippen LogP contribution in [0.3, 0.4) is 0 Å². The molecule has 9 nitrogen and oxygen atoms in total. The second-order valence-electron chi connectivity index (χ2n) is 6.59. The van der Waals surface area contributed by atoms with Crippen LogP contribution in [0.25, 0.3) is 17.0 Å². The minimum absolute atomic E-state index is 0.700. The van der Waals surface area contributed by atoms with Crippen molar-refractivity contribution in [1.29, 1.82) is 0 Å². The van der Waals surface area contributed by atoms with Gasteiger partial charge in [-0.05, 0) is 24.6 Å². The number of anilines is 2. The average Bonchev–Trinajstić information content (AvgIpc) is 3.37. The Morgan fingerprint density at radius 2 is 1.78 bits per heavy atom. The number of rotatable bonds is 3. The van der Waals surface area contributed by atoms with E-state index in [1.54, 1.807) is 12.7 Å². The number of piperazine rings is 1. The maximum atomic E-state index is 4.79. The van der Waals surface area contributed by atoms with E-state index in [9.17, 15) is 0 Å². The fraction of sp³-hybridized carbons (Fsp3) is 0.278. The van der Waals surface area contributed by atoms with E-state index in [-0.39, 0.29) is 0 Å². The molecule has 9 heteroatoms. The molecular formula is C18H19N9. The molecule has 5 rings (SSSR count). The molecule has 5 heterocycles. The number of H-pyrrole nitrogens is 1. The number of nitrogens with zero attached hydrogens (tertiary/aromatic N) is 8. The Bertz CT molecular complexity index is 1080. The topological polar surface area (TPSA) is 91.7 Å². The molecule has 0 radical (unpaired) electrons. The van der Waals surface area contributed by atoms with Gasteiger partial charge in [-0.15, -0.1) is 0 Å². The van der Waals surface area contributed by atoms with Gasteiger partial charge < -0.3 is 14.8 Å². The Balaban J connectivity index is 1.34. The summed E-state index contributed by atoms with van der Waals surface area (Å²) in [5, 5.41) is 4.35. The molecule has 1 aliphatic rings. The van der Waals surface area contributed by atoms with Gasteiger partial charge in [0.25, 0.3) is 0 Å². The molecule has 0 spiro atoms. The van der Waals surface area contributed by atoms with Gasteiger partial charge in [0, 0.05) is 32.4 Å². The van der Waals surface area contributed by atoms with Crippen molar-refractivity contribution >= 4 is 22.8 Å². The number of imidazole rings is 1. The number of fused-ring (bicyclic) bond motifs is 1. The van der Waals surface area contributed by atoms with E-state index in [0.717, 1.165) is 54.7 Å². The molecule has 0 atom stereocenters. The minimum Gasteiger partial charge on any atom is -0.353 e. The van der Waals surface area contributed by atoms with Gasteiger partial charge in [-0.25, -0.2) is 24.6 Å². The molecule has 1 fully saturated rings. The lowest BCUT2D eigenvalue weighted by Crippen LogP contribution is -2.47. The Kier molecular flexibility index (Phi) is 3.70. The quantitative estimate of drug-likeness (QED) is 0.592. The van der Waals surface area contributed by atoms with E-state index in [1.807, 2.05) is 42.2 Å². The zero-order chi connectivity index (χ0) is 18.2. The molecule has 0 unspecified atom stereocenters. The summed E-state index contributed by atoms with van der Waals surface area (Å²) in [5.74, 6) is 2.71. The van der Waals surface area contributed by atoms with E-state index >= 15 is 0 Å². The highest BCUT2D eigenvalue weighted by molar-refractivity contribution is 5.82. The van der Waals surface area contributed by atoms with Crippen molar-refractivity contribution in [1.82, 2.24) is 34.7 Å². The van der Waals surface area contributed by atoms with Crippen LogP contribution in [-0.4, -0.2) is 60.9 Å². The smallest absolute Gasteiger partial charge is 0.182 e. The minimum atomic E-state index is 0.700. The molecule has 136 valence electrons. The third-order valence-corrected chi connectivity index (χ3v) is 4.77. The predicted molar refractivity (Wildman–Crippen MR) is 102 cm³/mol. The van der Waals surface area contributed by atoms with E-state index in [2.05, 4.69) is 34.8 Å². The summed E-state index contributed by atoms with van der Waals surface area (Å²) < 4.78 is 1.81. The van der Waals surface area contributed by atoms with Crippen LogP contribution in [0, 0.1) is 6.92 Å². The van der Waals surface area contributed by atoms with Crippen LogP contribution in [-0.2, 0) is 0 Å². The van der Waals surface area contributed by atoms with Gasteiger partial charge in [-0.1, -0.05) is 6.07 Å². The Labute approximate surface area is 155 Å².